The van der Waals surface area contributed by atoms with E-state index in [2.05, 4.69) is 22.1 Å². The number of carbonyl (C=O) groups excluding carboxylic acids is 3. The van der Waals surface area contributed by atoms with E-state index >= 15 is 0 Å². The van der Waals surface area contributed by atoms with Gasteiger partial charge in [-0.1, -0.05) is 17.9 Å². The van der Waals surface area contributed by atoms with Crippen molar-refractivity contribution in [2.24, 2.45) is 0 Å². The quantitative estimate of drug-likeness (QED) is 0.479. The number of hydrogen-bond donors (Lipinski definition) is 2. The lowest BCUT2D eigenvalue weighted by atomic mass is 10.1. The molecule has 0 radical (unpaired) electrons. The van der Waals surface area contributed by atoms with Crippen molar-refractivity contribution in [2.45, 2.75) is 12.6 Å². The molecule has 0 saturated carbocycles. The molecule has 3 aromatic rings. The van der Waals surface area contributed by atoms with Crippen molar-refractivity contribution in [3.8, 4) is 17.6 Å². The summed E-state index contributed by atoms with van der Waals surface area (Å²) < 4.78 is 7.03. The van der Waals surface area contributed by atoms with Crippen LogP contribution in [0.5, 0.6) is 5.75 Å². The van der Waals surface area contributed by atoms with Crippen molar-refractivity contribution in [1.29, 1.82) is 0 Å². The first-order valence-corrected chi connectivity index (χ1v) is 9.48. The second-order valence-corrected chi connectivity index (χ2v) is 6.88. The summed E-state index contributed by atoms with van der Waals surface area (Å²) in [6, 6.07) is 7.61. The number of aromatic nitrogens is 2. The first kappa shape index (κ1) is 20.0. The van der Waals surface area contributed by atoms with Crippen LogP contribution in [0.15, 0.2) is 48.9 Å². The van der Waals surface area contributed by atoms with Gasteiger partial charge in [-0.15, -0.1) is 0 Å². The molecule has 4 rings (SSSR count). The summed E-state index contributed by atoms with van der Waals surface area (Å²) in [5.74, 6) is 6.44. The highest BCUT2D eigenvalue weighted by atomic mass is 16.5. The van der Waals surface area contributed by atoms with Gasteiger partial charge in [0.05, 0.1) is 13.7 Å². The molecule has 9 nitrogen and oxygen atoms in total. The number of benzene rings is 1. The molecule has 2 aromatic heterocycles. The molecule has 156 valence electrons. The number of pyridine rings is 1. The molecule has 31 heavy (non-hydrogen) atoms. The molecule has 1 aliphatic rings. The van der Waals surface area contributed by atoms with Gasteiger partial charge in [-0.3, -0.25) is 14.9 Å². The van der Waals surface area contributed by atoms with Crippen molar-refractivity contribution < 1.29 is 19.1 Å². The number of imide groups is 1. The molecule has 1 atom stereocenters. The van der Waals surface area contributed by atoms with Crippen molar-refractivity contribution in [3.63, 3.8) is 0 Å². The Morgan fingerprint density at radius 1 is 1.35 bits per heavy atom. The van der Waals surface area contributed by atoms with E-state index in [-0.39, 0.29) is 18.9 Å². The number of hydrogen-bond acceptors (Lipinski definition) is 5. The predicted molar refractivity (Wildman–Crippen MR) is 111 cm³/mol. The molecule has 0 unspecified atom stereocenters. The molecule has 0 saturated heterocycles. The molecule has 2 N–H and O–H groups in total. The van der Waals surface area contributed by atoms with Gasteiger partial charge < -0.3 is 19.4 Å². The van der Waals surface area contributed by atoms with Crippen LogP contribution in [0.2, 0.25) is 0 Å². The lowest BCUT2D eigenvalue weighted by Crippen LogP contribution is -2.46. The van der Waals surface area contributed by atoms with E-state index in [4.69, 9.17) is 4.74 Å². The van der Waals surface area contributed by atoms with E-state index < -0.39 is 12.1 Å². The third-order valence-electron chi connectivity index (χ3n) is 4.87. The number of nitrogens with zero attached hydrogens (tertiary/aromatic N) is 3. The summed E-state index contributed by atoms with van der Waals surface area (Å²) in [4.78, 5) is 41.1. The van der Waals surface area contributed by atoms with Crippen LogP contribution in [0.25, 0.3) is 5.65 Å². The molecule has 0 fully saturated rings. The Kier molecular flexibility index (Phi) is 5.53. The van der Waals surface area contributed by atoms with Crippen LogP contribution in [0.4, 0.5) is 4.79 Å². The first-order chi connectivity index (χ1) is 15.1. The normalized spacial score (nSPS) is 13.2. The van der Waals surface area contributed by atoms with Crippen molar-refractivity contribution >= 4 is 24.0 Å². The standard InChI is InChI=1S/C22H19N5O4/c1-31-18-6-4-16-12-27(21(29)19(16)10-18)13-17(25-22(30)24-14-28)5-2-15-3-7-20-23-8-9-26(20)11-15/h3-4,6-11,14,17H,12-13H2,1H3,(H2,24,25,28,30)/t17-/m1/s1. The molecule has 3 heterocycles. The summed E-state index contributed by atoms with van der Waals surface area (Å²) in [6.07, 6.45) is 5.60. The molecule has 1 aromatic carbocycles. The van der Waals surface area contributed by atoms with Gasteiger partial charge in [-0.2, -0.15) is 0 Å². The van der Waals surface area contributed by atoms with Crippen molar-refractivity contribution in [2.75, 3.05) is 13.7 Å². The van der Waals surface area contributed by atoms with E-state index in [1.54, 1.807) is 30.3 Å². The van der Waals surface area contributed by atoms with Gasteiger partial charge in [0.2, 0.25) is 6.41 Å². The highest BCUT2D eigenvalue weighted by Crippen LogP contribution is 2.26. The third-order valence-corrected chi connectivity index (χ3v) is 4.87. The number of urea groups is 1. The Labute approximate surface area is 178 Å². The summed E-state index contributed by atoms with van der Waals surface area (Å²) in [6.45, 7) is 0.552. The Morgan fingerprint density at radius 3 is 3.03 bits per heavy atom. The second-order valence-electron chi connectivity index (χ2n) is 6.88. The van der Waals surface area contributed by atoms with E-state index in [1.165, 1.54) is 0 Å². The van der Waals surface area contributed by atoms with Crippen molar-refractivity contribution in [1.82, 2.24) is 24.9 Å². The largest absolute Gasteiger partial charge is 0.497 e. The van der Waals surface area contributed by atoms with E-state index in [0.717, 1.165) is 11.2 Å². The smallest absolute Gasteiger partial charge is 0.322 e. The summed E-state index contributed by atoms with van der Waals surface area (Å²) in [5.41, 5.74) is 2.95. The number of nitrogens with one attached hydrogen (secondary N) is 2. The fourth-order valence-corrected chi connectivity index (χ4v) is 3.38. The van der Waals surface area contributed by atoms with Crippen LogP contribution in [0.1, 0.15) is 21.5 Å². The van der Waals surface area contributed by atoms with Crippen LogP contribution < -0.4 is 15.4 Å². The molecule has 4 amide bonds. The zero-order valence-corrected chi connectivity index (χ0v) is 16.7. The number of fused-ring (bicyclic) bond motifs is 2. The Hall–Kier alpha value is -4.32. The van der Waals surface area contributed by atoms with Crippen LogP contribution >= 0.6 is 0 Å². The van der Waals surface area contributed by atoms with Crippen LogP contribution in [0.3, 0.4) is 0 Å². The molecular formula is C22H19N5O4. The molecule has 1 aliphatic heterocycles. The van der Waals surface area contributed by atoms with Gasteiger partial charge in [-0.05, 0) is 29.8 Å². The SMILES string of the molecule is COc1ccc2c(c1)C(=O)N(C[C@@H](C#Cc1ccc3nccn3c1)NC(=O)NC=O)C2. The van der Waals surface area contributed by atoms with E-state index in [0.29, 0.717) is 23.4 Å². The lowest BCUT2D eigenvalue weighted by molar-refractivity contribution is -0.108. The number of ether oxygens (including phenoxy) is 1. The maximum Gasteiger partial charge on any atom is 0.322 e. The number of rotatable bonds is 5. The molecule has 0 aliphatic carbocycles. The zero-order valence-electron chi connectivity index (χ0n) is 16.7. The minimum atomic E-state index is -0.696. The van der Waals surface area contributed by atoms with Gasteiger partial charge in [-0.25, -0.2) is 9.78 Å². The van der Waals surface area contributed by atoms with Gasteiger partial charge in [0.1, 0.15) is 17.4 Å². The summed E-state index contributed by atoms with van der Waals surface area (Å²) in [5, 5.41) is 4.66. The van der Waals surface area contributed by atoms with Crippen LogP contribution in [-0.2, 0) is 11.3 Å². The molecular weight excluding hydrogens is 398 g/mol. The van der Waals surface area contributed by atoms with Gasteiger partial charge in [0, 0.05) is 36.3 Å². The molecule has 0 spiro atoms. The fraction of sp³-hybridized carbons (Fsp3) is 0.182. The number of amides is 4. The molecule has 9 heteroatoms. The van der Waals surface area contributed by atoms with Crippen LogP contribution in [-0.4, -0.2) is 52.3 Å². The highest BCUT2D eigenvalue weighted by Gasteiger charge is 2.29. The highest BCUT2D eigenvalue weighted by molar-refractivity contribution is 5.98. The average Bonchev–Trinajstić information content (AvgIpc) is 3.36. The number of methoxy groups -OCH3 is 1. The predicted octanol–water partition coefficient (Wildman–Crippen LogP) is 1.17. The second kappa shape index (κ2) is 8.59. The van der Waals surface area contributed by atoms with E-state index in [1.807, 2.05) is 40.3 Å². The minimum Gasteiger partial charge on any atom is -0.497 e. The third kappa shape index (κ3) is 4.33. The van der Waals surface area contributed by atoms with Gasteiger partial charge in [0.25, 0.3) is 5.91 Å². The minimum absolute atomic E-state index is 0.155. The van der Waals surface area contributed by atoms with Crippen LogP contribution in [0, 0.1) is 11.8 Å². The number of imidazole rings is 1. The maximum atomic E-state index is 12.8. The topological polar surface area (TPSA) is 105 Å². The van der Waals surface area contributed by atoms with Gasteiger partial charge >= 0.3 is 6.03 Å². The van der Waals surface area contributed by atoms with Gasteiger partial charge in [0.15, 0.2) is 0 Å². The maximum absolute atomic E-state index is 12.8. The number of carbonyl (C=O) groups is 3. The fourth-order valence-electron chi connectivity index (χ4n) is 3.38. The Balaban J connectivity index is 1.55. The summed E-state index contributed by atoms with van der Waals surface area (Å²) >= 11 is 0. The first-order valence-electron chi connectivity index (χ1n) is 9.48. The Bertz CT molecular complexity index is 1220. The lowest BCUT2D eigenvalue weighted by Gasteiger charge is -2.21. The van der Waals surface area contributed by atoms with E-state index in [9.17, 15) is 14.4 Å². The average molecular weight is 417 g/mol. The monoisotopic (exact) mass is 417 g/mol. The zero-order chi connectivity index (χ0) is 21.8. The van der Waals surface area contributed by atoms with Crippen molar-refractivity contribution in [3.05, 3.63) is 65.6 Å². The summed E-state index contributed by atoms with van der Waals surface area (Å²) in [7, 11) is 1.54. The Morgan fingerprint density at radius 2 is 2.23 bits per heavy atom. The molecule has 0 bridgehead atoms.